The Morgan fingerprint density at radius 1 is 1.30 bits per heavy atom. The zero-order valence-corrected chi connectivity index (χ0v) is 13.2. The van der Waals surface area contributed by atoms with E-state index in [9.17, 15) is 13.2 Å². The van der Waals surface area contributed by atoms with Crippen LogP contribution in [0, 0.1) is 0 Å². The molecule has 0 atom stereocenters. The average Bonchev–Trinajstić information content (AvgIpc) is 2.35. The summed E-state index contributed by atoms with van der Waals surface area (Å²) in [5.41, 5.74) is 0.950. The predicted molar refractivity (Wildman–Crippen MR) is 76.0 cm³/mol. The number of sulfone groups is 1. The van der Waals surface area contributed by atoms with Crippen LogP contribution in [0.4, 0.5) is 0 Å². The Labute approximate surface area is 119 Å². The molecule has 1 aromatic rings. The van der Waals surface area contributed by atoms with Gasteiger partial charge < -0.3 is 9.47 Å². The van der Waals surface area contributed by atoms with E-state index in [4.69, 9.17) is 9.47 Å². The van der Waals surface area contributed by atoms with Crippen molar-refractivity contribution < 1.29 is 22.7 Å². The second-order valence-corrected chi connectivity index (χ2v) is 6.72. The zero-order chi connectivity index (χ0) is 15.5. The molecule has 20 heavy (non-hydrogen) atoms. The number of ether oxygens (including phenoxy) is 2. The summed E-state index contributed by atoms with van der Waals surface area (Å²) in [5.74, 6) is -0.283. The van der Waals surface area contributed by atoms with Crippen molar-refractivity contribution in [1.29, 1.82) is 0 Å². The van der Waals surface area contributed by atoms with E-state index in [0.717, 1.165) is 6.26 Å². The van der Waals surface area contributed by atoms with E-state index >= 15 is 0 Å². The Bertz CT molecular complexity index is 602. The van der Waals surface area contributed by atoms with Crippen molar-refractivity contribution in [3.63, 3.8) is 0 Å². The van der Waals surface area contributed by atoms with Gasteiger partial charge in [0.05, 0.1) is 18.8 Å². The Kier molecular flexibility index (Phi) is 5.16. The predicted octanol–water partition coefficient (Wildman–Crippen LogP) is 2.23. The van der Waals surface area contributed by atoms with E-state index in [1.54, 1.807) is 6.07 Å². The molecule has 0 radical (unpaired) electrons. The highest BCUT2D eigenvalue weighted by atomic mass is 32.2. The topological polar surface area (TPSA) is 69.7 Å². The lowest BCUT2D eigenvalue weighted by molar-refractivity contribution is 0.0599. The van der Waals surface area contributed by atoms with Gasteiger partial charge in [0.1, 0.15) is 10.6 Å². The summed E-state index contributed by atoms with van der Waals surface area (Å²) in [6, 6.07) is 2.93. The third-order valence-corrected chi connectivity index (χ3v) is 3.84. The minimum absolute atomic E-state index is 0.00352. The standard InChI is InChI=1S/C14H20O5S/c1-6-10-7-12(19-9(2)3)13(20(5,16)17)8-11(10)14(15)18-4/h7-9H,6H2,1-5H3. The van der Waals surface area contributed by atoms with E-state index in [1.165, 1.54) is 13.2 Å². The summed E-state index contributed by atoms with van der Waals surface area (Å²) in [4.78, 5) is 11.8. The van der Waals surface area contributed by atoms with Crippen LogP contribution in [-0.2, 0) is 21.0 Å². The molecule has 112 valence electrons. The molecule has 0 fully saturated rings. The van der Waals surface area contributed by atoms with Crippen molar-refractivity contribution >= 4 is 15.8 Å². The van der Waals surface area contributed by atoms with Gasteiger partial charge >= 0.3 is 5.97 Å². The Morgan fingerprint density at radius 3 is 2.30 bits per heavy atom. The molecule has 0 saturated carbocycles. The van der Waals surface area contributed by atoms with Crippen LogP contribution in [0.25, 0.3) is 0 Å². The number of carbonyl (C=O) groups is 1. The first-order valence-corrected chi connectivity index (χ1v) is 8.21. The summed E-state index contributed by atoms with van der Waals surface area (Å²) in [5, 5.41) is 0. The molecule has 0 amide bonds. The van der Waals surface area contributed by atoms with Gasteiger partial charge in [-0.25, -0.2) is 13.2 Å². The molecule has 0 spiro atoms. The van der Waals surface area contributed by atoms with Crippen LogP contribution < -0.4 is 4.74 Å². The number of aryl methyl sites for hydroxylation is 1. The largest absolute Gasteiger partial charge is 0.490 e. The van der Waals surface area contributed by atoms with E-state index in [1.807, 2.05) is 20.8 Å². The molecule has 0 aliphatic heterocycles. The van der Waals surface area contributed by atoms with E-state index in [-0.39, 0.29) is 22.3 Å². The van der Waals surface area contributed by atoms with Crippen LogP contribution in [0.15, 0.2) is 17.0 Å². The highest BCUT2D eigenvalue weighted by molar-refractivity contribution is 7.90. The number of rotatable bonds is 5. The molecule has 5 nitrogen and oxygen atoms in total. The summed E-state index contributed by atoms with van der Waals surface area (Å²) < 4.78 is 34.0. The molecule has 0 aromatic heterocycles. The Hall–Kier alpha value is -1.56. The first-order chi connectivity index (χ1) is 9.20. The molecule has 0 N–H and O–H groups in total. The fourth-order valence-electron chi connectivity index (χ4n) is 1.83. The number of esters is 1. The SMILES string of the molecule is CCc1cc(OC(C)C)c(S(C)(=O)=O)cc1C(=O)OC. The quantitative estimate of drug-likeness (QED) is 0.780. The summed E-state index contributed by atoms with van der Waals surface area (Å²) in [6.45, 7) is 5.50. The maximum Gasteiger partial charge on any atom is 0.338 e. The van der Waals surface area contributed by atoms with E-state index < -0.39 is 15.8 Å². The molecule has 0 saturated heterocycles. The van der Waals surface area contributed by atoms with Crippen molar-refractivity contribution in [3.05, 3.63) is 23.3 Å². The van der Waals surface area contributed by atoms with Crippen LogP contribution in [0.2, 0.25) is 0 Å². The molecule has 0 aliphatic carbocycles. The first kappa shape index (κ1) is 16.5. The summed E-state index contributed by atoms with van der Waals surface area (Å²) in [7, 11) is -2.24. The number of carbonyl (C=O) groups excluding carboxylic acids is 1. The van der Waals surface area contributed by atoms with E-state index in [0.29, 0.717) is 12.0 Å². The van der Waals surface area contributed by atoms with Crippen molar-refractivity contribution in [3.8, 4) is 5.75 Å². The number of hydrogen-bond acceptors (Lipinski definition) is 5. The van der Waals surface area contributed by atoms with Gasteiger partial charge in [-0.3, -0.25) is 0 Å². The Balaban J connectivity index is 3.57. The van der Waals surface area contributed by atoms with Crippen LogP contribution in [-0.4, -0.2) is 33.9 Å². The number of benzene rings is 1. The second-order valence-electron chi connectivity index (χ2n) is 4.74. The highest BCUT2D eigenvalue weighted by Crippen LogP contribution is 2.29. The van der Waals surface area contributed by atoms with Crippen molar-refractivity contribution in [2.75, 3.05) is 13.4 Å². The van der Waals surface area contributed by atoms with E-state index in [2.05, 4.69) is 0 Å². The average molecular weight is 300 g/mol. The summed E-state index contributed by atoms with van der Waals surface area (Å²) >= 11 is 0. The fourth-order valence-corrected chi connectivity index (χ4v) is 2.63. The lowest BCUT2D eigenvalue weighted by Crippen LogP contribution is -2.13. The van der Waals surface area contributed by atoms with Gasteiger partial charge in [0.25, 0.3) is 0 Å². The second kappa shape index (κ2) is 6.26. The van der Waals surface area contributed by atoms with Crippen LogP contribution in [0.5, 0.6) is 5.75 Å². The van der Waals surface area contributed by atoms with Gasteiger partial charge in [-0.2, -0.15) is 0 Å². The fraction of sp³-hybridized carbons (Fsp3) is 0.500. The lowest BCUT2D eigenvalue weighted by Gasteiger charge is -2.16. The molecule has 0 unspecified atom stereocenters. The molecular weight excluding hydrogens is 280 g/mol. The molecule has 6 heteroatoms. The van der Waals surface area contributed by atoms with Crippen molar-refractivity contribution in [2.45, 2.75) is 38.2 Å². The molecule has 1 aromatic carbocycles. The van der Waals surface area contributed by atoms with Crippen LogP contribution >= 0.6 is 0 Å². The van der Waals surface area contributed by atoms with Gasteiger partial charge in [0.2, 0.25) is 0 Å². The number of methoxy groups -OCH3 is 1. The zero-order valence-electron chi connectivity index (χ0n) is 12.4. The van der Waals surface area contributed by atoms with Gasteiger partial charge in [0, 0.05) is 6.26 Å². The van der Waals surface area contributed by atoms with Gasteiger partial charge in [-0.15, -0.1) is 0 Å². The lowest BCUT2D eigenvalue weighted by atomic mass is 10.0. The molecule has 0 bridgehead atoms. The normalized spacial score (nSPS) is 11.5. The minimum Gasteiger partial charge on any atom is -0.490 e. The minimum atomic E-state index is -3.50. The number of hydrogen-bond donors (Lipinski definition) is 0. The third kappa shape index (κ3) is 3.72. The third-order valence-electron chi connectivity index (χ3n) is 2.72. The van der Waals surface area contributed by atoms with Crippen LogP contribution in [0.3, 0.4) is 0 Å². The Morgan fingerprint density at radius 2 is 1.90 bits per heavy atom. The van der Waals surface area contributed by atoms with Gasteiger partial charge in [-0.05, 0) is 38.0 Å². The highest BCUT2D eigenvalue weighted by Gasteiger charge is 2.22. The molecule has 1 rings (SSSR count). The first-order valence-electron chi connectivity index (χ1n) is 6.32. The smallest absolute Gasteiger partial charge is 0.338 e. The molecular formula is C14H20O5S. The van der Waals surface area contributed by atoms with Gasteiger partial charge in [0.15, 0.2) is 9.84 Å². The van der Waals surface area contributed by atoms with Crippen molar-refractivity contribution in [1.82, 2.24) is 0 Å². The van der Waals surface area contributed by atoms with Crippen LogP contribution in [0.1, 0.15) is 36.7 Å². The molecule has 0 heterocycles. The summed E-state index contributed by atoms with van der Waals surface area (Å²) in [6.07, 6.45) is 1.50. The maximum absolute atomic E-state index is 11.9. The maximum atomic E-state index is 11.9. The van der Waals surface area contributed by atoms with Gasteiger partial charge in [-0.1, -0.05) is 6.92 Å². The monoisotopic (exact) mass is 300 g/mol. The molecule has 0 aliphatic rings. The van der Waals surface area contributed by atoms with Crippen molar-refractivity contribution in [2.24, 2.45) is 0 Å².